The summed E-state index contributed by atoms with van der Waals surface area (Å²) < 4.78 is 0. The predicted octanol–water partition coefficient (Wildman–Crippen LogP) is 4.46. The van der Waals surface area contributed by atoms with Gasteiger partial charge in [0.25, 0.3) is 0 Å². The van der Waals surface area contributed by atoms with E-state index in [-0.39, 0.29) is 0 Å². The second-order valence-electron chi connectivity index (χ2n) is 8.93. The minimum Gasteiger partial charge on any atom is -0.360 e. The van der Waals surface area contributed by atoms with Crippen LogP contribution in [0, 0.1) is 0 Å². The monoisotopic (exact) mass is 416 g/mol. The second-order valence-corrected chi connectivity index (χ2v) is 9.34. The van der Waals surface area contributed by atoms with Gasteiger partial charge in [0.15, 0.2) is 5.11 Å². The topological polar surface area (TPSA) is 56.3 Å². The van der Waals surface area contributed by atoms with Crippen LogP contribution in [0.2, 0.25) is 0 Å². The number of nitrogens with one attached hydrogen (secondary N) is 2. The zero-order valence-corrected chi connectivity index (χ0v) is 18.6. The average Bonchev–Trinajstić information content (AvgIpc) is 3.07. The van der Waals surface area contributed by atoms with Crippen molar-refractivity contribution in [3.05, 3.63) is 6.07 Å². The zero-order chi connectivity index (χ0) is 20.1. The molecule has 4 rings (SSSR count). The van der Waals surface area contributed by atoms with Gasteiger partial charge in [-0.2, -0.15) is 9.97 Å². The van der Waals surface area contributed by atoms with Gasteiger partial charge in [0.2, 0.25) is 5.95 Å². The van der Waals surface area contributed by atoms with Gasteiger partial charge in [-0.3, -0.25) is 0 Å². The van der Waals surface area contributed by atoms with Crippen molar-refractivity contribution in [1.29, 1.82) is 0 Å². The number of aromatic nitrogens is 2. The lowest BCUT2D eigenvalue weighted by Gasteiger charge is -2.35. The zero-order valence-electron chi connectivity index (χ0n) is 17.8. The number of hydrogen-bond donors (Lipinski definition) is 2. The number of nitrogens with zero attached hydrogens (tertiary/aromatic N) is 4. The maximum atomic E-state index is 5.59. The summed E-state index contributed by atoms with van der Waals surface area (Å²) in [5.74, 6) is 2.72. The smallest absolute Gasteiger partial charge is 0.232 e. The highest BCUT2D eigenvalue weighted by atomic mass is 32.1. The Morgan fingerprint density at radius 1 is 0.897 bits per heavy atom. The lowest BCUT2D eigenvalue weighted by molar-refractivity contribution is 0.481. The SMILES string of the molecule is C[C@H]1CCCCN1c1cc(N2CCCCCC2)nc(NC(=S)NC2CCCC2)n1. The van der Waals surface area contributed by atoms with Crippen LogP contribution in [0.3, 0.4) is 0 Å². The van der Waals surface area contributed by atoms with Crippen LogP contribution in [0.1, 0.15) is 77.6 Å². The van der Waals surface area contributed by atoms with E-state index >= 15 is 0 Å². The summed E-state index contributed by atoms with van der Waals surface area (Å²) in [6, 6.07) is 3.21. The molecule has 160 valence electrons. The minimum atomic E-state index is 0.491. The molecule has 0 bridgehead atoms. The van der Waals surface area contributed by atoms with Crippen LogP contribution >= 0.6 is 12.2 Å². The quantitative estimate of drug-likeness (QED) is 0.703. The molecular weight excluding hydrogens is 380 g/mol. The molecule has 0 aromatic carbocycles. The van der Waals surface area contributed by atoms with Gasteiger partial charge in [0.05, 0.1) is 0 Å². The molecule has 0 amide bonds. The van der Waals surface area contributed by atoms with E-state index in [0.29, 0.717) is 23.1 Å². The lowest BCUT2D eigenvalue weighted by Crippen LogP contribution is -2.39. The Morgan fingerprint density at radius 2 is 1.55 bits per heavy atom. The van der Waals surface area contributed by atoms with Gasteiger partial charge < -0.3 is 20.4 Å². The summed E-state index contributed by atoms with van der Waals surface area (Å²) in [5, 5.41) is 7.42. The van der Waals surface area contributed by atoms with Crippen molar-refractivity contribution in [2.24, 2.45) is 0 Å². The van der Waals surface area contributed by atoms with Crippen molar-refractivity contribution in [3.63, 3.8) is 0 Å². The Hall–Kier alpha value is -1.63. The van der Waals surface area contributed by atoms with Crippen molar-refractivity contribution < 1.29 is 0 Å². The van der Waals surface area contributed by atoms with Gasteiger partial charge in [0.1, 0.15) is 11.6 Å². The van der Waals surface area contributed by atoms with Crippen LogP contribution in [0.25, 0.3) is 0 Å². The normalized spacial score (nSPS) is 23.7. The summed E-state index contributed by atoms with van der Waals surface area (Å²) in [5.41, 5.74) is 0. The van der Waals surface area contributed by atoms with E-state index in [1.165, 1.54) is 70.6 Å². The van der Waals surface area contributed by atoms with Gasteiger partial charge in [-0.05, 0) is 64.1 Å². The second kappa shape index (κ2) is 9.92. The molecule has 6 nitrogen and oxygen atoms in total. The Balaban J connectivity index is 1.55. The van der Waals surface area contributed by atoms with Crippen LogP contribution in [-0.4, -0.2) is 46.8 Å². The van der Waals surface area contributed by atoms with E-state index in [1.807, 2.05) is 0 Å². The minimum absolute atomic E-state index is 0.491. The Labute approximate surface area is 180 Å². The molecule has 7 heteroatoms. The third-order valence-electron chi connectivity index (χ3n) is 6.64. The number of piperidine rings is 1. The molecule has 29 heavy (non-hydrogen) atoms. The van der Waals surface area contributed by atoms with Gasteiger partial charge in [0, 0.05) is 37.8 Å². The fraction of sp³-hybridized carbons (Fsp3) is 0.773. The van der Waals surface area contributed by atoms with E-state index in [1.54, 1.807) is 0 Å². The molecule has 3 aliphatic rings. The van der Waals surface area contributed by atoms with Crippen molar-refractivity contribution in [2.75, 3.05) is 34.8 Å². The van der Waals surface area contributed by atoms with E-state index in [9.17, 15) is 0 Å². The van der Waals surface area contributed by atoms with E-state index in [2.05, 4.69) is 33.4 Å². The molecule has 1 saturated carbocycles. The van der Waals surface area contributed by atoms with Gasteiger partial charge in [-0.15, -0.1) is 0 Å². The first-order valence-corrected chi connectivity index (χ1v) is 12.1. The van der Waals surface area contributed by atoms with Gasteiger partial charge >= 0.3 is 0 Å². The maximum Gasteiger partial charge on any atom is 0.232 e. The Morgan fingerprint density at radius 3 is 2.28 bits per heavy atom. The highest BCUT2D eigenvalue weighted by Gasteiger charge is 2.23. The summed E-state index contributed by atoms with van der Waals surface area (Å²) in [6.45, 7) is 5.54. The third-order valence-corrected chi connectivity index (χ3v) is 6.86. The van der Waals surface area contributed by atoms with Gasteiger partial charge in [-0.25, -0.2) is 0 Å². The molecule has 0 radical (unpaired) electrons. The lowest BCUT2D eigenvalue weighted by atomic mass is 10.0. The standard InChI is InChI=1S/C22H36N6S/c1-17-10-6-9-15-28(17)20-16-19(27-13-7-2-3-8-14-27)24-21(25-20)26-22(29)23-18-11-4-5-12-18/h16-18H,2-15H2,1H3,(H2,23,24,25,26,29)/t17-/m0/s1. The van der Waals surface area contributed by atoms with Gasteiger partial charge in [-0.1, -0.05) is 25.7 Å². The van der Waals surface area contributed by atoms with Crippen LogP contribution in [0.5, 0.6) is 0 Å². The predicted molar refractivity (Wildman–Crippen MR) is 125 cm³/mol. The molecule has 1 aromatic rings. The molecule has 2 N–H and O–H groups in total. The third kappa shape index (κ3) is 5.50. The van der Waals surface area contributed by atoms with Crippen LogP contribution in [0.15, 0.2) is 6.07 Å². The first-order valence-electron chi connectivity index (χ1n) is 11.7. The van der Waals surface area contributed by atoms with Crippen molar-refractivity contribution in [3.8, 4) is 0 Å². The summed E-state index contributed by atoms with van der Waals surface area (Å²) >= 11 is 5.59. The molecule has 1 aliphatic carbocycles. The largest absolute Gasteiger partial charge is 0.360 e. The van der Waals surface area contributed by atoms with Crippen LogP contribution < -0.4 is 20.4 Å². The molecule has 1 aromatic heterocycles. The first kappa shape index (κ1) is 20.6. The molecule has 3 heterocycles. The fourth-order valence-corrected chi connectivity index (χ4v) is 5.18. The van der Waals surface area contributed by atoms with Crippen LogP contribution in [-0.2, 0) is 0 Å². The van der Waals surface area contributed by atoms with Crippen molar-refractivity contribution in [2.45, 2.75) is 89.6 Å². The Bertz CT molecular complexity index is 682. The van der Waals surface area contributed by atoms with E-state index in [4.69, 9.17) is 22.2 Å². The molecule has 0 spiro atoms. The van der Waals surface area contributed by atoms with Crippen molar-refractivity contribution in [1.82, 2.24) is 15.3 Å². The fourth-order valence-electron chi connectivity index (χ4n) is 4.92. The maximum absolute atomic E-state index is 5.59. The van der Waals surface area contributed by atoms with E-state index < -0.39 is 0 Å². The highest BCUT2D eigenvalue weighted by molar-refractivity contribution is 7.80. The van der Waals surface area contributed by atoms with Crippen molar-refractivity contribution >= 4 is 34.9 Å². The Kier molecular flexibility index (Phi) is 7.06. The summed E-state index contributed by atoms with van der Waals surface area (Å²) in [7, 11) is 0. The van der Waals surface area contributed by atoms with E-state index in [0.717, 1.165) is 31.3 Å². The number of thiocarbonyl (C=S) groups is 1. The average molecular weight is 417 g/mol. The molecule has 2 saturated heterocycles. The summed E-state index contributed by atoms with van der Waals surface area (Å²) in [6.07, 6.45) is 13.9. The molecular formula is C22H36N6S. The molecule has 2 aliphatic heterocycles. The molecule has 0 unspecified atom stereocenters. The summed E-state index contributed by atoms with van der Waals surface area (Å²) in [4.78, 5) is 14.7. The molecule has 3 fully saturated rings. The van der Waals surface area contributed by atoms with Crippen LogP contribution in [0.4, 0.5) is 17.6 Å². The first-order chi connectivity index (χ1) is 14.2. The highest BCUT2D eigenvalue weighted by Crippen LogP contribution is 2.28. The molecule has 1 atom stereocenters. The number of hydrogen-bond acceptors (Lipinski definition) is 5. The number of rotatable bonds is 4. The number of anilines is 3.